The van der Waals surface area contributed by atoms with Gasteiger partial charge in [0.05, 0.1) is 5.41 Å². The lowest BCUT2D eigenvalue weighted by Crippen LogP contribution is -2.30. The second-order valence-electron chi connectivity index (χ2n) is 4.13. The molecule has 0 unspecified atom stereocenters. The fraction of sp³-hybridized carbons (Fsp3) is 0.364. The van der Waals surface area contributed by atoms with Crippen LogP contribution in [0, 0.1) is 29.1 Å². The van der Waals surface area contributed by atoms with Gasteiger partial charge in [-0.25, -0.2) is 22.0 Å². The highest BCUT2D eigenvalue weighted by Crippen LogP contribution is 2.33. The number of Topliss-reactive ketones (excluding diaryl/α,β-unsaturated/α-hetero) is 1. The van der Waals surface area contributed by atoms with Crippen molar-refractivity contribution in [2.75, 3.05) is 0 Å². The number of hydrogen-bond acceptors (Lipinski definition) is 1. The molecule has 0 N–H and O–H groups in total. The van der Waals surface area contributed by atoms with Gasteiger partial charge in [0, 0.05) is 5.56 Å². The minimum Gasteiger partial charge on any atom is -0.299 e. The Kier molecular flexibility index (Phi) is 3.27. The van der Waals surface area contributed by atoms with Crippen molar-refractivity contribution in [3.8, 4) is 0 Å². The fourth-order valence-corrected chi connectivity index (χ4v) is 1.33. The average molecular weight is 252 g/mol. The first kappa shape index (κ1) is 13.6. The second-order valence-corrected chi connectivity index (χ2v) is 4.13. The highest BCUT2D eigenvalue weighted by atomic mass is 19.2. The normalized spacial score (nSPS) is 11.8. The zero-order valence-electron chi connectivity index (χ0n) is 9.30. The number of carbonyl (C=O) groups is 1. The molecule has 0 saturated heterocycles. The molecule has 17 heavy (non-hydrogen) atoms. The van der Waals surface area contributed by atoms with Gasteiger partial charge in [-0.15, -0.1) is 0 Å². The lowest BCUT2D eigenvalue weighted by molar-refractivity contribution is -0.121. The van der Waals surface area contributed by atoms with E-state index in [9.17, 15) is 26.7 Å². The van der Waals surface area contributed by atoms with E-state index < -0.39 is 45.8 Å². The molecular formula is C11H9F5O. The smallest absolute Gasteiger partial charge is 0.200 e. The van der Waals surface area contributed by atoms with E-state index in [1.807, 2.05) is 0 Å². The average Bonchev–Trinajstić information content (AvgIpc) is 2.23. The molecule has 94 valence electrons. The molecule has 1 aromatic carbocycles. The van der Waals surface area contributed by atoms with Gasteiger partial charge in [-0.05, 0) is 20.8 Å². The maximum Gasteiger partial charge on any atom is 0.200 e. The molecule has 0 aliphatic heterocycles. The molecule has 1 aromatic rings. The zero-order valence-corrected chi connectivity index (χ0v) is 9.30. The van der Waals surface area contributed by atoms with Crippen molar-refractivity contribution >= 4 is 5.78 Å². The number of ketones is 1. The van der Waals surface area contributed by atoms with E-state index in [1.54, 1.807) is 0 Å². The van der Waals surface area contributed by atoms with Crippen molar-refractivity contribution in [1.82, 2.24) is 0 Å². The van der Waals surface area contributed by atoms with Gasteiger partial charge in [-0.1, -0.05) is 0 Å². The van der Waals surface area contributed by atoms with Crippen LogP contribution in [0.15, 0.2) is 0 Å². The number of hydrogen-bond donors (Lipinski definition) is 0. The summed E-state index contributed by atoms with van der Waals surface area (Å²) >= 11 is 0. The van der Waals surface area contributed by atoms with E-state index in [0.717, 1.165) is 20.8 Å². The van der Waals surface area contributed by atoms with Crippen LogP contribution in [-0.2, 0) is 10.2 Å². The molecule has 6 heteroatoms. The van der Waals surface area contributed by atoms with E-state index in [1.165, 1.54) is 0 Å². The number of rotatable bonds is 2. The standard InChI is InChI=1S/C11H9F5O/c1-4(17)11(2,3)5-6(12)8(14)10(16)9(15)7(5)13/h1-3H3. The quantitative estimate of drug-likeness (QED) is 0.448. The first-order chi connectivity index (χ1) is 7.62. The molecular weight excluding hydrogens is 243 g/mol. The third-order valence-corrected chi connectivity index (χ3v) is 2.71. The summed E-state index contributed by atoms with van der Waals surface area (Å²) in [5.74, 6) is -11.0. The lowest BCUT2D eigenvalue weighted by atomic mass is 9.80. The summed E-state index contributed by atoms with van der Waals surface area (Å²) in [5, 5.41) is 0. The third kappa shape index (κ3) is 1.92. The molecule has 1 rings (SSSR count). The summed E-state index contributed by atoms with van der Waals surface area (Å²) in [6, 6.07) is 0. The molecule has 0 atom stereocenters. The number of halogens is 5. The first-order valence-corrected chi connectivity index (χ1v) is 4.65. The lowest BCUT2D eigenvalue weighted by Gasteiger charge is -2.23. The van der Waals surface area contributed by atoms with E-state index in [4.69, 9.17) is 0 Å². The summed E-state index contributed by atoms with van der Waals surface area (Å²) < 4.78 is 65.4. The summed E-state index contributed by atoms with van der Waals surface area (Å²) in [6.45, 7) is 3.19. The molecule has 0 spiro atoms. The summed E-state index contributed by atoms with van der Waals surface area (Å²) in [4.78, 5) is 11.2. The van der Waals surface area contributed by atoms with Crippen LogP contribution >= 0.6 is 0 Å². The van der Waals surface area contributed by atoms with Crippen molar-refractivity contribution in [2.45, 2.75) is 26.2 Å². The largest absolute Gasteiger partial charge is 0.299 e. The van der Waals surface area contributed by atoms with Crippen LogP contribution in [0.1, 0.15) is 26.3 Å². The molecule has 0 aliphatic rings. The Labute approximate surface area is 94.2 Å². The van der Waals surface area contributed by atoms with Gasteiger partial charge in [0.2, 0.25) is 5.82 Å². The maximum absolute atomic E-state index is 13.4. The first-order valence-electron chi connectivity index (χ1n) is 4.65. The van der Waals surface area contributed by atoms with E-state index in [2.05, 4.69) is 0 Å². The Bertz CT molecular complexity index is 464. The van der Waals surface area contributed by atoms with Gasteiger partial charge in [-0.2, -0.15) is 0 Å². The summed E-state index contributed by atoms with van der Waals surface area (Å²) in [5.41, 5.74) is -2.90. The van der Waals surface area contributed by atoms with E-state index >= 15 is 0 Å². The Morgan fingerprint density at radius 3 is 1.41 bits per heavy atom. The Morgan fingerprint density at radius 2 is 1.12 bits per heavy atom. The number of benzene rings is 1. The molecule has 0 radical (unpaired) electrons. The van der Waals surface area contributed by atoms with E-state index in [-0.39, 0.29) is 0 Å². The Morgan fingerprint density at radius 1 is 0.824 bits per heavy atom. The van der Waals surface area contributed by atoms with Crippen LogP contribution in [0.4, 0.5) is 22.0 Å². The van der Waals surface area contributed by atoms with Crippen LogP contribution in [0.5, 0.6) is 0 Å². The molecule has 0 fully saturated rings. The minimum atomic E-state index is -2.23. The van der Waals surface area contributed by atoms with Gasteiger partial charge in [0.15, 0.2) is 23.3 Å². The second kappa shape index (κ2) is 4.09. The molecule has 0 amide bonds. The van der Waals surface area contributed by atoms with Gasteiger partial charge >= 0.3 is 0 Å². The fourth-order valence-electron chi connectivity index (χ4n) is 1.33. The zero-order chi connectivity index (χ0) is 13.5. The van der Waals surface area contributed by atoms with Gasteiger partial charge in [0.25, 0.3) is 0 Å². The molecule has 0 aliphatic carbocycles. The van der Waals surface area contributed by atoms with E-state index in [0.29, 0.717) is 0 Å². The minimum absolute atomic E-state index is 0.708. The highest BCUT2D eigenvalue weighted by Gasteiger charge is 2.37. The van der Waals surface area contributed by atoms with Gasteiger partial charge < -0.3 is 0 Å². The predicted molar refractivity (Wildman–Crippen MR) is 49.9 cm³/mol. The molecule has 0 aromatic heterocycles. The number of carbonyl (C=O) groups excluding carboxylic acids is 1. The van der Waals surface area contributed by atoms with Crippen molar-refractivity contribution in [1.29, 1.82) is 0 Å². The van der Waals surface area contributed by atoms with Crippen molar-refractivity contribution < 1.29 is 26.7 Å². The summed E-state index contributed by atoms with van der Waals surface area (Å²) in [7, 11) is 0. The molecule has 1 nitrogen and oxygen atoms in total. The molecule has 0 saturated carbocycles. The monoisotopic (exact) mass is 252 g/mol. The van der Waals surface area contributed by atoms with Crippen molar-refractivity contribution in [3.05, 3.63) is 34.6 Å². The Balaban J connectivity index is 3.72. The van der Waals surface area contributed by atoms with Crippen molar-refractivity contribution in [3.63, 3.8) is 0 Å². The maximum atomic E-state index is 13.4. The van der Waals surface area contributed by atoms with Crippen LogP contribution in [0.2, 0.25) is 0 Å². The van der Waals surface area contributed by atoms with Gasteiger partial charge in [0.1, 0.15) is 5.78 Å². The highest BCUT2D eigenvalue weighted by molar-refractivity contribution is 5.87. The van der Waals surface area contributed by atoms with Crippen LogP contribution in [-0.4, -0.2) is 5.78 Å². The molecule has 0 bridgehead atoms. The van der Waals surface area contributed by atoms with Gasteiger partial charge in [-0.3, -0.25) is 4.79 Å². The third-order valence-electron chi connectivity index (χ3n) is 2.71. The van der Waals surface area contributed by atoms with Crippen LogP contribution in [0.3, 0.4) is 0 Å². The Hall–Kier alpha value is -1.46. The predicted octanol–water partition coefficient (Wildman–Crippen LogP) is 3.25. The van der Waals surface area contributed by atoms with Crippen LogP contribution in [0.25, 0.3) is 0 Å². The molecule has 0 heterocycles. The summed E-state index contributed by atoms with van der Waals surface area (Å²) in [6.07, 6.45) is 0. The van der Waals surface area contributed by atoms with Crippen LogP contribution < -0.4 is 0 Å². The van der Waals surface area contributed by atoms with Crippen molar-refractivity contribution in [2.24, 2.45) is 0 Å². The topological polar surface area (TPSA) is 17.1 Å². The SMILES string of the molecule is CC(=O)C(C)(C)c1c(F)c(F)c(F)c(F)c1F.